The van der Waals surface area contributed by atoms with Crippen LogP contribution in [-0.4, -0.2) is 7.11 Å². The first kappa shape index (κ1) is 14.9. The zero-order valence-corrected chi connectivity index (χ0v) is 14.0. The summed E-state index contributed by atoms with van der Waals surface area (Å²) in [5.41, 5.74) is 6.37. The highest BCUT2D eigenvalue weighted by Crippen LogP contribution is 2.25. The van der Waals surface area contributed by atoms with E-state index >= 15 is 0 Å². The molecule has 0 aliphatic heterocycles. The van der Waals surface area contributed by atoms with Gasteiger partial charge in [0.1, 0.15) is 5.75 Å². The lowest BCUT2D eigenvalue weighted by Gasteiger charge is -2.13. The van der Waals surface area contributed by atoms with Crippen molar-refractivity contribution in [2.24, 2.45) is 0 Å². The summed E-state index contributed by atoms with van der Waals surface area (Å²) < 4.78 is 6.29. The van der Waals surface area contributed by atoms with E-state index in [1.807, 2.05) is 12.1 Å². The number of hydrogen-bond donors (Lipinski definition) is 1. The number of methoxy groups -OCH3 is 1. The summed E-state index contributed by atoms with van der Waals surface area (Å²) in [7, 11) is 1.68. The molecule has 2 nitrogen and oxygen atoms in total. The average molecular weight is 334 g/mol. The zero-order valence-electron chi connectivity index (χ0n) is 12.4. The second-order valence-electron chi connectivity index (χ2n) is 5.10. The van der Waals surface area contributed by atoms with E-state index < -0.39 is 0 Å². The van der Waals surface area contributed by atoms with Crippen molar-refractivity contribution in [2.45, 2.75) is 27.3 Å². The Labute approximate surface area is 129 Å². The van der Waals surface area contributed by atoms with Crippen LogP contribution in [0.15, 0.2) is 34.8 Å². The maximum Gasteiger partial charge on any atom is 0.122 e. The number of halogens is 1. The van der Waals surface area contributed by atoms with Gasteiger partial charge in [0.15, 0.2) is 0 Å². The van der Waals surface area contributed by atoms with Gasteiger partial charge in [0.2, 0.25) is 0 Å². The molecule has 2 rings (SSSR count). The van der Waals surface area contributed by atoms with E-state index in [2.05, 4.69) is 60.2 Å². The smallest absolute Gasteiger partial charge is 0.122 e. The van der Waals surface area contributed by atoms with Gasteiger partial charge in [-0.05, 0) is 55.2 Å². The van der Waals surface area contributed by atoms with E-state index in [1.54, 1.807) is 7.11 Å². The van der Waals surface area contributed by atoms with Crippen LogP contribution >= 0.6 is 15.9 Å². The number of aryl methyl sites for hydroxylation is 3. The third-order valence-electron chi connectivity index (χ3n) is 3.54. The molecule has 106 valence electrons. The number of nitrogens with one attached hydrogen (secondary N) is 1. The molecule has 0 bridgehead atoms. The molecule has 0 fully saturated rings. The van der Waals surface area contributed by atoms with E-state index in [0.29, 0.717) is 0 Å². The van der Waals surface area contributed by atoms with E-state index in [-0.39, 0.29) is 0 Å². The minimum Gasteiger partial charge on any atom is -0.497 e. The maximum atomic E-state index is 5.28. The third kappa shape index (κ3) is 3.54. The van der Waals surface area contributed by atoms with Crippen molar-refractivity contribution in [3.63, 3.8) is 0 Å². The predicted molar refractivity (Wildman–Crippen MR) is 88.7 cm³/mol. The molecular weight excluding hydrogens is 314 g/mol. The molecule has 0 saturated heterocycles. The maximum absolute atomic E-state index is 5.28. The summed E-state index contributed by atoms with van der Waals surface area (Å²) in [5.74, 6) is 0.846. The van der Waals surface area contributed by atoms with Crippen LogP contribution in [0.2, 0.25) is 0 Å². The van der Waals surface area contributed by atoms with Crippen molar-refractivity contribution >= 4 is 21.6 Å². The van der Waals surface area contributed by atoms with Gasteiger partial charge >= 0.3 is 0 Å². The molecule has 0 spiro atoms. The molecule has 0 atom stereocenters. The Bertz CT molecular complexity index is 623. The molecule has 0 aliphatic rings. The van der Waals surface area contributed by atoms with Crippen LogP contribution in [0.5, 0.6) is 5.75 Å². The van der Waals surface area contributed by atoms with Gasteiger partial charge < -0.3 is 10.1 Å². The second kappa shape index (κ2) is 6.31. The van der Waals surface area contributed by atoms with Crippen molar-refractivity contribution in [2.75, 3.05) is 12.4 Å². The van der Waals surface area contributed by atoms with Crippen LogP contribution < -0.4 is 10.1 Å². The van der Waals surface area contributed by atoms with Crippen LogP contribution in [0.4, 0.5) is 5.69 Å². The largest absolute Gasteiger partial charge is 0.497 e. The van der Waals surface area contributed by atoms with Crippen molar-refractivity contribution in [3.8, 4) is 5.75 Å². The molecule has 0 aromatic heterocycles. The van der Waals surface area contributed by atoms with Gasteiger partial charge in [-0.3, -0.25) is 0 Å². The Morgan fingerprint density at radius 2 is 1.65 bits per heavy atom. The molecule has 20 heavy (non-hydrogen) atoms. The summed E-state index contributed by atoms with van der Waals surface area (Å²) in [5, 5.41) is 3.45. The van der Waals surface area contributed by atoms with E-state index in [0.717, 1.165) is 22.5 Å². The van der Waals surface area contributed by atoms with E-state index in [1.165, 1.54) is 22.3 Å². The van der Waals surface area contributed by atoms with E-state index in [9.17, 15) is 0 Å². The fourth-order valence-electron chi connectivity index (χ4n) is 2.19. The van der Waals surface area contributed by atoms with Crippen molar-refractivity contribution in [1.82, 2.24) is 0 Å². The summed E-state index contributed by atoms with van der Waals surface area (Å²) in [4.78, 5) is 0. The lowest BCUT2D eigenvalue weighted by atomic mass is 10.0. The Hall–Kier alpha value is -1.48. The standard InChI is InChI=1S/C17H20BrNO/c1-11-5-13(3)14(6-12(11)2)10-19-16-7-15(18)8-17(9-16)20-4/h5-9,19H,10H2,1-4H3. The summed E-state index contributed by atoms with van der Waals surface area (Å²) in [6.45, 7) is 7.27. The van der Waals surface area contributed by atoms with Crippen LogP contribution in [-0.2, 0) is 6.54 Å². The molecule has 0 aliphatic carbocycles. The lowest BCUT2D eigenvalue weighted by Crippen LogP contribution is -2.03. The number of ether oxygens (including phenoxy) is 1. The molecule has 0 heterocycles. The highest BCUT2D eigenvalue weighted by Gasteiger charge is 2.03. The Kier molecular flexibility index (Phi) is 4.71. The van der Waals surface area contributed by atoms with E-state index in [4.69, 9.17) is 4.74 Å². The Morgan fingerprint density at radius 1 is 0.950 bits per heavy atom. The molecule has 2 aromatic rings. The molecule has 1 N–H and O–H groups in total. The van der Waals surface area contributed by atoms with Gasteiger partial charge in [-0.25, -0.2) is 0 Å². The molecule has 0 unspecified atom stereocenters. The van der Waals surface area contributed by atoms with Gasteiger partial charge in [-0.15, -0.1) is 0 Å². The minimum absolute atomic E-state index is 0.812. The van der Waals surface area contributed by atoms with Crippen LogP contribution in [0.3, 0.4) is 0 Å². The Morgan fingerprint density at radius 3 is 2.35 bits per heavy atom. The first-order valence-corrected chi connectivity index (χ1v) is 7.44. The highest BCUT2D eigenvalue weighted by atomic mass is 79.9. The molecule has 0 radical (unpaired) electrons. The summed E-state index contributed by atoms with van der Waals surface area (Å²) >= 11 is 3.50. The van der Waals surface area contributed by atoms with Gasteiger partial charge in [0.05, 0.1) is 7.11 Å². The normalized spacial score (nSPS) is 10.4. The van der Waals surface area contributed by atoms with Crippen LogP contribution in [0, 0.1) is 20.8 Å². The van der Waals surface area contributed by atoms with Crippen molar-refractivity contribution < 1.29 is 4.74 Å². The van der Waals surface area contributed by atoms with Gasteiger partial charge in [0.25, 0.3) is 0 Å². The van der Waals surface area contributed by atoms with Crippen molar-refractivity contribution in [3.05, 3.63) is 57.1 Å². The van der Waals surface area contributed by atoms with Crippen LogP contribution in [0.25, 0.3) is 0 Å². The summed E-state index contributed by atoms with van der Waals surface area (Å²) in [6, 6.07) is 10.5. The molecule has 3 heteroatoms. The first-order chi connectivity index (χ1) is 9.49. The number of rotatable bonds is 4. The van der Waals surface area contributed by atoms with Gasteiger partial charge in [-0.2, -0.15) is 0 Å². The third-order valence-corrected chi connectivity index (χ3v) is 4.00. The Balaban J connectivity index is 2.16. The zero-order chi connectivity index (χ0) is 14.7. The fraction of sp³-hybridized carbons (Fsp3) is 0.294. The molecular formula is C17H20BrNO. The van der Waals surface area contributed by atoms with Gasteiger partial charge in [0, 0.05) is 22.8 Å². The molecule has 0 saturated carbocycles. The summed E-state index contributed by atoms with van der Waals surface area (Å²) in [6.07, 6.45) is 0. The second-order valence-corrected chi connectivity index (χ2v) is 6.01. The average Bonchev–Trinajstić information content (AvgIpc) is 2.40. The quantitative estimate of drug-likeness (QED) is 0.850. The molecule has 0 amide bonds. The minimum atomic E-state index is 0.812. The molecule has 2 aromatic carbocycles. The SMILES string of the molecule is COc1cc(Br)cc(NCc2cc(C)c(C)cc2C)c1. The van der Waals surface area contributed by atoms with Gasteiger partial charge in [-0.1, -0.05) is 28.1 Å². The van der Waals surface area contributed by atoms with Crippen LogP contribution in [0.1, 0.15) is 22.3 Å². The first-order valence-electron chi connectivity index (χ1n) is 6.65. The highest BCUT2D eigenvalue weighted by molar-refractivity contribution is 9.10. The monoisotopic (exact) mass is 333 g/mol. The van der Waals surface area contributed by atoms with Crippen molar-refractivity contribution in [1.29, 1.82) is 0 Å². The number of anilines is 1. The fourth-order valence-corrected chi connectivity index (χ4v) is 2.66. The predicted octanol–water partition coefficient (Wildman–Crippen LogP) is 5.00. The number of hydrogen-bond acceptors (Lipinski definition) is 2. The number of benzene rings is 2. The topological polar surface area (TPSA) is 21.3 Å². The lowest BCUT2D eigenvalue weighted by molar-refractivity contribution is 0.414.